The average molecular weight is 377 g/mol. The number of nitro benzene ring substituents is 1. The summed E-state index contributed by atoms with van der Waals surface area (Å²) >= 11 is 0. The number of nitro groups is 1. The first-order valence-corrected chi connectivity index (χ1v) is 9.16. The van der Waals surface area contributed by atoms with Gasteiger partial charge in [0.25, 0.3) is 5.69 Å². The van der Waals surface area contributed by atoms with Crippen molar-refractivity contribution in [1.29, 1.82) is 0 Å². The quantitative estimate of drug-likeness (QED) is 0.419. The zero-order chi connectivity index (χ0) is 19.5. The minimum Gasteiger partial charge on any atom is -0.507 e. The third kappa shape index (κ3) is 3.62. The van der Waals surface area contributed by atoms with Crippen LogP contribution in [0.2, 0.25) is 0 Å². The maximum atomic E-state index is 10.9. The van der Waals surface area contributed by atoms with Crippen LogP contribution in [0.3, 0.4) is 0 Å². The molecule has 3 aromatic rings. The van der Waals surface area contributed by atoms with E-state index in [1.807, 2.05) is 24.3 Å². The van der Waals surface area contributed by atoms with Gasteiger partial charge in [-0.1, -0.05) is 6.42 Å². The standard InChI is InChI=1S/C20H19N5O3/c26-18-10-9-17(25(27)28)12-15(18)13-21-16-7-5-14(6-8-16)20-23-22-19-4-2-1-3-11-24(19)20/h5-10,12-13,26H,1-4,11H2. The van der Waals surface area contributed by atoms with Gasteiger partial charge in [-0.25, -0.2) is 0 Å². The average Bonchev–Trinajstić information content (AvgIpc) is 2.95. The molecule has 2 aromatic carbocycles. The highest BCUT2D eigenvalue weighted by atomic mass is 16.6. The molecule has 8 nitrogen and oxygen atoms in total. The van der Waals surface area contributed by atoms with E-state index in [4.69, 9.17) is 0 Å². The van der Waals surface area contributed by atoms with Gasteiger partial charge < -0.3 is 9.67 Å². The highest BCUT2D eigenvalue weighted by Crippen LogP contribution is 2.26. The van der Waals surface area contributed by atoms with Crippen LogP contribution in [0.4, 0.5) is 11.4 Å². The molecule has 0 spiro atoms. The number of rotatable bonds is 4. The van der Waals surface area contributed by atoms with Gasteiger partial charge in [0.05, 0.1) is 10.6 Å². The lowest BCUT2D eigenvalue weighted by atomic mass is 10.1. The molecule has 0 fully saturated rings. The minimum absolute atomic E-state index is 0.0582. The van der Waals surface area contributed by atoms with Gasteiger partial charge in [-0.3, -0.25) is 15.1 Å². The number of non-ortho nitro benzene ring substituents is 1. The smallest absolute Gasteiger partial charge is 0.270 e. The number of nitrogens with zero attached hydrogens (tertiary/aromatic N) is 5. The van der Waals surface area contributed by atoms with Crippen LogP contribution >= 0.6 is 0 Å². The van der Waals surface area contributed by atoms with E-state index in [1.54, 1.807) is 0 Å². The molecular formula is C20H19N5O3. The van der Waals surface area contributed by atoms with Crippen LogP contribution in [0.5, 0.6) is 5.75 Å². The number of aromatic nitrogens is 3. The highest BCUT2D eigenvalue weighted by Gasteiger charge is 2.15. The lowest BCUT2D eigenvalue weighted by Crippen LogP contribution is -2.02. The van der Waals surface area contributed by atoms with Crippen LogP contribution in [-0.4, -0.2) is 31.0 Å². The highest BCUT2D eigenvalue weighted by molar-refractivity contribution is 5.86. The summed E-state index contributed by atoms with van der Waals surface area (Å²) < 4.78 is 2.19. The van der Waals surface area contributed by atoms with Crippen molar-refractivity contribution in [2.24, 2.45) is 4.99 Å². The van der Waals surface area contributed by atoms with Crippen molar-refractivity contribution in [3.8, 4) is 17.1 Å². The number of phenolic OH excluding ortho intramolecular Hbond substituents is 1. The molecule has 0 saturated carbocycles. The van der Waals surface area contributed by atoms with E-state index in [2.05, 4.69) is 19.8 Å². The fourth-order valence-corrected chi connectivity index (χ4v) is 3.30. The molecule has 2 heterocycles. The second-order valence-corrected chi connectivity index (χ2v) is 6.71. The van der Waals surface area contributed by atoms with Gasteiger partial charge in [0.2, 0.25) is 0 Å². The molecule has 0 bridgehead atoms. The van der Waals surface area contributed by atoms with E-state index in [0.29, 0.717) is 11.3 Å². The van der Waals surface area contributed by atoms with Crippen molar-refractivity contribution < 1.29 is 10.0 Å². The summed E-state index contributed by atoms with van der Waals surface area (Å²) in [5.74, 6) is 1.84. The molecule has 0 unspecified atom stereocenters. The van der Waals surface area contributed by atoms with Gasteiger partial charge in [0.15, 0.2) is 5.82 Å². The molecule has 8 heteroatoms. The summed E-state index contributed by atoms with van der Waals surface area (Å²) in [6.45, 7) is 0.934. The van der Waals surface area contributed by atoms with E-state index in [0.717, 1.165) is 43.0 Å². The molecule has 0 amide bonds. The van der Waals surface area contributed by atoms with Crippen LogP contribution in [-0.2, 0) is 13.0 Å². The van der Waals surface area contributed by atoms with Crippen molar-refractivity contribution in [3.05, 3.63) is 64.0 Å². The number of hydrogen-bond acceptors (Lipinski definition) is 6. The van der Waals surface area contributed by atoms with Gasteiger partial charge in [0, 0.05) is 42.4 Å². The van der Waals surface area contributed by atoms with E-state index in [-0.39, 0.29) is 11.4 Å². The Morgan fingerprint density at radius 3 is 2.71 bits per heavy atom. The summed E-state index contributed by atoms with van der Waals surface area (Å²) in [5.41, 5.74) is 1.84. The van der Waals surface area contributed by atoms with Crippen molar-refractivity contribution in [3.63, 3.8) is 0 Å². The maximum absolute atomic E-state index is 10.9. The number of aromatic hydroxyl groups is 1. The van der Waals surface area contributed by atoms with Gasteiger partial charge in [-0.15, -0.1) is 10.2 Å². The molecule has 1 aliphatic heterocycles. The van der Waals surface area contributed by atoms with Crippen molar-refractivity contribution in [2.45, 2.75) is 32.2 Å². The zero-order valence-corrected chi connectivity index (χ0v) is 15.2. The van der Waals surface area contributed by atoms with Crippen LogP contribution in [0.25, 0.3) is 11.4 Å². The zero-order valence-electron chi connectivity index (χ0n) is 15.2. The SMILES string of the molecule is O=[N+]([O-])c1ccc(O)c(C=Nc2ccc(-c3nnc4n3CCCCC4)cc2)c1. The van der Waals surface area contributed by atoms with Gasteiger partial charge in [0.1, 0.15) is 11.6 Å². The maximum Gasteiger partial charge on any atom is 0.270 e. The van der Waals surface area contributed by atoms with Crippen molar-refractivity contribution in [1.82, 2.24) is 14.8 Å². The van der Waals surface area contributed by atoms with Gasteiger partial charge in [-0.05, 0) is 43.2 Å². The normalized spacial score (nSPS) is 14.0. The number of phenols is 1. The lowest BCUT2D eigenvalue weighted by molar-refractivity contribution is -0.384. The van der Waals surface area contributed by atoms with Gasteiger partial charge >= 0.3 is 0 Å². The monoisotopic (exact) mass is 377 g/mol. The lowest BCUT2D eigenvalue weighted by Gasteiger charge is -2.07. The third-order valence-electron chi connectivity index (χ3n) is 4.81. The Labute approximate surface area is 161 Å². The molecule has 0 aliphatic carbocycles. The Morgan fingerprint density at radius 2 is 1.93 bits per heavy atom. The van der Waals surface area contributed by atoms with Crippen LogP contribution in [0.1, 0.15) is 30.7 Å². The molecule has 4 rings (SSSR count). The second-order valence-electron chi connectivity index (χ2n) is 6.71. The summed E-state index contributed by atoms with van der Waals surface area (Å²) in [5, 5.41) is 29.4. The number of aryl methyl sites for hydroxylation is 1. The number of hydrogen-bond donors (Lipinski definition) is 1. The van der Waals surface area contributed by atoms with E-state index in [1.165, 1.54) is 30.8 Å². The Balaban J connectivity index is 1.56. The molecule has 1 aliphatic rings. The third-order valence-corrected chi connectivity index (χ3v) is 4.81. The molecule has 0 radical (unpaired) electrons. The second kappa shape index (κ2) is 7.59. The minimum atomic E-state index is -0.507. The Morgan fingerprint density at radius 1 is 1.11 bits per heavy atom. The predicted octanol–water partition coefficient (Wildman–Crippen LogP) is 4.04. The first-order valence-electron chi connectivity index (χ1n) is 9.16. The molecule has 0 saturated heterocycles. The van der Waals surface area contributed by atoms with E-state index >= 15 is 0 Å². The Kier molecular flexibility index (Phi) is 4.84. The largest absolute Gasteiger partial charge is 0.507 e. The summed E-state index contributed by atoms with van der Waals surface area (Å²) in [6.07, 6.45) is 5.87. The van der Waals surface area contributed by atoms with Gasteiger partial charge in [-0.2, -0.15) is 0 Å². The first-order chi connectivity index (χ1) is 13.6. The summed E-state index contributed by atoms with van der Waals surface area (Å²) in [4.78, 5) is 14.7. The number of fused-ring (bicyclic) bond motifs is 1. The van der Waals surface area contributed by atoms with Crippen molar-refractivity contribution >= 4 is 17.6 Å². The topological polar surface area (TPSA) is 106 Å². The molecule has 142 valence electrons. The van der Waals surface area contributed by atoms with E-state index in [9.17, 15) is 15.2 Å². The number of aliphatic imine (C=N–C) groups is 1. The predicted molar refractivity (Wildman–Crippen MR) is 105 cm³/mol. The van der Waals surface area contributed by atoms with Crippen LogP contribution in [0, 0.1) is 10.1 Å². The van der Waals surface area contributed by atoms with Crippen LogP contribution in [0.15, 0.2) is 47.5 Å². The molecule has 0 atom stereocenters. The fourth-order valence-electron chi connectivity index (χ4n) is 3.30. The molecule has 1 N–H and O–H groups in total. The molecule has 28 heavy (non-hydrogen) atoms. The van der Waals surface area contributed by atoms with Crippen molar-refractivity contribution in [2.75, 3.05) is 0 Å². The Bertz CT molecular complexity index is 1040. The first kappa shape index (κ1) is 17.8. The summed E-state index contributed by atoms with van der Waals surface area (Å²) in [6, 6.07) is 11.4. The molecule has 1 aromatic heterocycles. The molecular weight excluding hydrogens is 358 g/mol. The fraction of sp³-hybridized carbons (Fsp3) is 0.250. The summed E-state index contributed by atoms with van der Waals surface area (Å²) in [7, 11) is 0. The van der Waals surface area contributed by atoms with E-state index < -0.39 is 4.92 Å². The van der Waals surface area contributed by atoms with Crippen LogP contribution < -0.4 is 0 Å². The number of benzene rings is 2. The Hall–Kier alpha value is -3.55.